The highest BCUT2D eigenvalue weighted by Gasteiger charge is 2.66. The highest BCUT2D eigenvalue weighted by molar-refractivity contribution is 5.84. The van der Waals surface area contributed by atoms with E-state index in [0.29, 0.717) is 23.2 Å². The van der Waals surface area contributed by atoms with Crippen LogP contribution >= 0.6 is 0 Å². The maximum Gasteiger partial charge on any atom is 0.407 e. The Morgan fingerprint density at radius 2 is 1.40 bits per heavy atom. The van der Waals surface area contributed by atoms with Crippen LogP contribution in [0.25, 0.3) is 0 Å². The zero-order valence-electron chi connectivity index (χ0n) is 22.3. The summed E-state index contributed by atoms with van der Waals surface area (Å²) < 4.78 is 5.41. The topological polar surface area (TPSA) is 67.4 Å². The van der Waals surface area contributed by atoms with E-state index in [2.05, 4.69) is 54.8 Å². The van der Waals surface area contributed by atoms with E-state index in [0.717, 1.165) is 44.9 Å². The number of ether oxygens (including phenoxy) is 1. The van der Waals surface area contributed by atoms with Crippen molar-refractivity contribution < 1.29 is 14.3 Å². The van der Waals surface area contributed by atoms with Crippen molar-refractivity contribution in [2.75, 3.05) is 0 Å². The molecule has 4 bridgehead atoms. The highest BCUT2D eigenvalue weighted by Crippen LogP contribution is 2.71. The molecule has 1 aromatic carbocycles. The van der Waals surface area contributed by atoms with Crippen LogP contribution in [0.3, 0.4) is 0 Å². The van der Waals surface area contributed by atoms with E-state index in [9.17, 15) is 9.59 Å². The molecule has 2 unspecified atom stereocenters. The number of hydrogen-bond acceptors (Lipinski definition) is 3. The van der Waals surface area contributed by atoms with Gasteiger partial charge in [-0.1, -0.05) is 44.2 Å². The first-order chi connectivity index (χ1) is 16.4. The van der Waals surface area contributed by atoms with E-state index >= 15 is 0 Å². The molecule has 5 fully saturated rings. The minimum absolute atomic E-state index is 0.125. The third kappa shape index (κ3) is 4.60. The molecule has 5 nitrogen and oxygen atoms in total. The second-order valence-corrected chi connectivity index (χ2v) is 13.8. The molecule has 0 radical (unpaired) electrons. The Labute approximate surface area is 211 Å². The van der Waals surface area contributed by atoms with Crippen molar-refractivity contribution in [3.8, 4) is 0 Å². The summed E-state index contributed by atoms with van der Waals surface area (Å²) in [5, 5.41) is 6.52. The molecule has 2 atom stereocenters. The second kappa shape index (κ2) is 8.52. The summed E-state index contributed by atoms with van der Waals surface area (Å²) in [6.07, 6.45) is 8.73. The van der Waals surface area contributed by atoms with Crippen LogP contribution in [0.15, 0.2) is 30.3 Å². The van der Waals surface area contributed by atoms with Crippen LogP contribution in [-0.2, 0) is 14.9 Å². The smallest absolute Gasteiger partial charge is 0.407 e. The van der Waals surface area contributed by atoms with Gasteiger partial charge in [0.1, 0.15) is 5.60 Å². The normalized spacial score (nSPS) is 37.5. The van der Waals surface area contributed by atoms with Crippen LogP contribution < -0.4 is 10.6 Å². The number of rotatable bonds is 4. The molecule has 1 aromatic rings. The van der Waals surface area contributed by atoms with Crippen molar-refractivity contribution in [1.82, 2.24) is 10.6 Å². The van der Waals surface area contributed by atoms with Gasteiger partial charge in [-0.2, -0.15) is 0 Å². The molecule has 35 heavy (non-hydrogen) atoms. The summed E-state index contributed by atoms with van der Waals surface area (Å²) in [6.45, 7) is 10.5. The summed E-state index contributed by atoms with van der Waals surface area (Å²) in [6, 6.07) is 11.3. The van der Waals surface area contributed by atoms with Crippen molar-refractivity contribution in [2.24, 2.45) is 22.7 Å². The van der Waals surface area contributed by atoms with Crippen molar-refractivity contribution in [1.29, 1.82) is 0 Å². The molecule has 0 spiro atoms. The van der Waals surface area contributed by atoms with Gasteiger partial charge < -0.3 is 15.4 Å². The quantitative estimate of drug-likeness (QED) is 0.546. The second-order valence-electron chi connectivity index (χ2n) is 13.8. The Morgan fingerprint density at radius 1 is 0.857 bits per heavy atom. The van der Waals surface area contributed by atoms with Gasteiger partial charge in [0.25, 0.3) is 0 Å². The molecular formula is C30H44N2O3. The van der Waals surface area contributed by atoms with Gasteiger partial charge in [0.05, 0.1) is 5.41 Å². The summed E-state index contributed by atoms with van der Waals surface area (Å²) >= 11 is 0. The maximum atomic E-state index is 14.0. The van der Waals surface area contributed by atoms with Crippen LogP contribution in [0.1, 0.15) is 98.0 Å². The first kappa shape index (κ1) is 24.6. The van der Waals surface area contributed by atoms with Crippen molar-refractivity contribution >= 4 is 12.0 Å². The molecule has 5 saturated carbocycles. The van der Waals surface area contributed by atoms with Crippen LogP contribution in [0.2, 0.25) is 0 Å². The molecule has 0 saturated heterocycles. The average Bonchev–Trinajstić information content (AvgIpc) is 2.78. The number of benzene rings is 1. The molecule has 0 aliphatic heterocycles. The van der Waals surface area contributed by atoms with Gasteiger partial charge in [-0.25, -0.2) is 4.79 Å². The van der Waals surface area contributed by atoms with Gasteiger partial charge in [0.15, 0.2) is 0 Å². The third-order valence-corrected chi connectivity index (χ3v) is 9.98. The summed E-state index contributed by atoms with van der Waals surface area (Å²) in [4.78, 5) is 26.1. The Hall–Kier alpha value is -2.04. The first-order valence-electron chi connectivity index (χ1n) is 13.8. The van der Waals surface area contributed by atoms with E-state index in [4.69, 9.17) is 4.74 Å². The summed E-state index contributed by atoms with van der Waals surface area (Å²) in [5.41, 5.74) is 1.18. The lowest BCUT2D eigenvalue weighted by Gasteiger charge is -2.67. The van der Waals surface area contributed by atoms with E-state index in [1.54, 1.807) is 0 Å². The Bertz CT molecular complexity index is 938. The minimum Gasteiger partial charge on any atom is -0.444 e. The number of carbonyl (C=O) groups excluding carboxylic acids is 2. The van der Waals surface area contributed by atoms with Crippen LogP contribution in [0.4, 0.5) is 4.79 Å². The van der Waals surface area contributed by atoms with Gasteiger partial charge >= 0.3 is 6.09 Å². The average molecular weight is 481 g/mol. The predicted molar refractivity (Wildman–Crippen MR) is 138 cm³/mol. The molecule has 192 valence electrons. The van der Waals surface area contributed by atoms with Gasteiger partial charge in [-0.15, -0.1) is 0 Å². The minimum atomic E-state index is -0.487. The largest absolute Gasteiger partial charge is 0.444 e. The fraction of sp³-hybridized carbons (Fsp3) is 0.733. The molecule has 5 heteroatoms. The maximum absolute atomic E-state index is 14.0. The van der Waals surface area contributed by atoms with Gasteiger partial charge in [0.2, 0.25) is 5.91 Å². The molecule has 5 aliphatic carbocycles. The van der Waals surface area contributed by atoms with Crippen molar-refractivity contribution in [2.45, 2.75) is 116 Å². The molecule has 6 rings (SSSR count). The molecular weight excluding hydrogens is 436 g/mol. The zero-order valence-corrected chi connectivity index (χ0v) is 22.3. The fourth-order valence-corrected chi connectivity index (χ4v) is 8.11. The monoisotopic (exact) mass is 480 g/mol. The van der Waals surface area contributed by atoms with Crippen LogP contribution in [-0.4, -0.2) is 29.7 Å². The zero-order chi connectivity index (χ0) is 25.1. The lowest BCUT2D eigenvalue weighted by molar-refractivity contribution is -0.172. The Kier molecular flexibility index (Phi) is 6.00. The van der Waals surface area contributed by atoms with E-state index in [1.165, 1.54) is 18.4 Å². The van der Waals surface area contributed by atoms with Gasteiger partial charge in [-0.05, 0) is 107 Å². The Balaban J connectivity index is 1.25. The van der Waals surface area contributed by atoms with E-state index < -0.39 is 5.60 Å². The van der Waals surface area contributed by atoms with Crippen molar-refractivity contribution in [3.63, 3.8) is 0 Å². The molecule has 2 N–H and O–H groups in total. The number of amides is 2. The molecule has 0 heterocycles. The number of nitrogens with one attached hydrogen (secondary N) is 2. The van der Waals surface area contributed by atoms with Crippen LogP contribution in [0, 0.1) is 22.7 Å². The molecule has 2 amide bonds. The van der Waals surface area contributed by atoms with Crippen LogP contribution in [0.5, 0.6) is 0 Å². The first-order valence-corrected chi connectivity index (χ1v) is 13.8. The van der Waals surface area contributed by atoms with E-state index in [-0.39, 0.29) is 29.0 Å². The van der Waals surface area contributed by atoms with Gasteiger partial charge in [0, 0.05) is 12.1 Å². The number of carbonyl (C=O) groups is 2. The standard InChI is InChI=1S/C30H44N2O3/c1-27(2,3)35-26(34)32-24-13-11-23(12-14-24)31-25(33)30-17-21-15-29(19-30,20-9-7-6-8-10-20)16-22(18-30)28(21,4)5/h6-10,21-24H,11-19H2,1-5H3,(H,31,33)(H,32,34). The molecule has 5 aliphatic rings. The fourth-order valence-electron chi connectivity index (χ4n) is 8.11. The highest BCUT2D eigenvalue weighted by atomic mass is 16.6. The summed E-state index contributed by atoms with van der Waals surface area (Å²) in [7, 11) is 0. The van der Waals surface area contributed by atoms with Crippen molar-refractivity contribution in [3.05, 3.63) is 35.9 Å². The van der Waals surface area contributed by atoms with E-state index in [1.807, 2.05) is 20.8 Å². The third-order valence-electron chi connectivity index (χ3n) is 9.98. The van der Waals surface area contributed by atoms with Gasteiger partial charge in [-0.3, -0.25) is 4.79 Å². The summed E-state index contributed by atoms with van der Waals surface area (Å²) in [5.74, 6) is 1.50. The Morgan fingerprint density at radius 3 is 1.94 bits per heavy atom. The predicted octanol–water partition coefficient (Wildman–Crippen LogP) is 6.11. The lowest BCUT2D eigenvalue weighted by Crippen LogP contribution is -2.64. The number of alkyl carbamates (subject to hydrolysis) is 1. The number of hydrogen-bond donors (Lipinski definition) is 2. The lowest BCUT2D eigenvalue weighted by atomic mass is 9.36. The SMILES string of the molecule is CC(C)(C)OC(=O)NC1CCC(NC(=O)C23CC4CC(c5ccccc5)(CC(C2)C4(C)C)C3)CC1. The molecule has 0 aromatic heterocycles.